The lowest BCUT2D eigenvalue weighted by Gasteiger charge is -2.42. The van der Waals surface area contributed by atoms with Gasteiger partial charge in [-0.2, -0.15) is 0 Å². The van der Waals surface area contributed by atoms with Crippen molar-refractivity contribution in [3.8, 4) is 22.3 Å². The summed E-state index contributed by atoms with van der Waals surface area (Å²) in [6.45, 7) is 35.0. The van der Waals surface area contributed by atoms with Gasteiger partial charge in [-0.3, -0.25) is 0 Å². The van der Waals surface area contributed by atoms with Crippen LogP contribution in [0, 0.1) is 0 Å². The average Bonchev–Trinajstić information content (AvgIpc) is 3.67. The minimum atomic E-state index is -0.110. The summed E-state index contributed by atoms with van der Waals surface area (Å²) in [4.78, 5) is 5.14. The fourth-order valence-corrected chi connectivity index (χ4v) is 11.5. The Morgan fingerprint density at radius 1 is 0.403 bits per heavy atom. The van der Waals surface area contributed by atoms with Gasteiger partial charge >= 0.3 is 6.85 Å². The van der Waals surface area contributed by atoms with Crippen LogP contribution in [0.2, 0.25) is 0 Å². The van der Waals surface area contributed by atoms with Crippen molar-refractivity contribution >= 4 is 73.7 Å². The maximum absolute atomic E-state index is 2.76. The summed E-state index contributed by atoms with van der Waals surface area (Å²) < 4.78 is 2.76. The molecule has 4 heteroatoms. The Labute approximate surface area is 430 Å². The topological polar surface area (TPSA) is 11.4 Å². The third-order valence-electron chi connectivity index (χ3n) is 15.7. The van der Waals surface area contributed by atoms with Crippen molar-refractivity contribution in [1.29, 1.82) is 0 Å². The molecule has 2 aliphatic rings. The van der Waals surface area contributed by atoms with Gasteiger partial charge in [0.05, 0.1) is 11.4 Å². The van der Waals surface area contributed by atoms with E-state index < -0.39 is 0 Å². The van der Waals surface area contributed by atoms with Crippen LogP contribution in [0.3, 0.4) is 0 Å². The van der Waals surface area contributed by atoms with E-state index in [1.54, 1.807) is 0 Å². The van der Waals surface area contributed by atoms with Gasteiger partial charge in [0, 0.05) is 55.7 Å². The van der Waals surface area contributed by atoms with Gasteiger partial charge in [0.2, 0.25) is 0 Å². The van der Waals surface area contributed by atoms with Crippen molar-refractivity contribution in [2.75, 3.05) is 9.80 Å². The number of aromatic nitrogens is 1. The van der Waals surface area contributed by atoms with Gasteiger partial charge in [-0.1, -0.05) is 201 Å². The van der Waals surface area contributed by atoms with Crippen LogP contribution in [0.15, 0.2) is 164 Å². The lowest BCUT2D eigenvalue weighted by atomic mass is 9.44. The van der Waals surface area contributed by atoms with Crippen molar-refractivity contribution in [2.24, 2.45) is 0 Å². The molecular formula is C68H72BN3. The van der Waals surface area contributed by atoms with E-state index in [1.165, 1.54) is 106 Å². The molecular weight excluding hydrogens is 870 g/mol. The first-order valence-electron chi connectivity index (χ1n) is 26.3. The molecule has 9 aromatic rings. The Balaban J connectivity index is 1.30. The Morgan fingerprint density at radius 2 is 0.931 bits per heavy atom. The third kappa shape index (κ3) is 7.79. The molecule has 0 saturated carbocycles. The summed E-state index contributed by atoms with van der Waals surface area (Å²) in [5.41, 5.74) is 23.8. The molecule has 0 radical (unpaired) electrons. The van der Waals surface area contributed by atoms with Crippen molar-refractivity contribution in [1.82, 2.24) is 4.48 Å². The number of hydrogen-bond donors (Lipinski definition) is 0. The molecule has 0 saturated heterocycles. The molecule has 0 spiro atoms. The van der Waals surface area contributed by atoms with Gasteiger partial charge in [0.25, 0.3) is 0 Å². The summed E-state index contributed by atoms with van der Waals surface area (Å²) in [5, 5.41) is 2.56. The molecule has 0 bridgehead atoms. The van der Waals surface area contributed by atoms with Crippen LogP contribution in [0.4, 0.5) is 34.1 Å². The molecule has 0 atom stereocenters. The maximum atomic E-state index is 2.76. The highest BCUT2D eigenvalue weighted by atomic mass is 15.2. The second kappa shape index (κ2) is 16.4. The molecule has 72 heavy (non-hydrogen) atoms. The number of nitrogens with zero attached hydrogens (tertiary/aromatic N) is 3. The largest absolute Gasteiger partial charge is 0.375 e. The molecule has 0 N–H and O–H groups in total. The van der Waals surface area contributed by atoms with Crippen LogP contribution in [-0.4, -0.2) is 11.3 Å². The molecule has 8 aromatic carbocycles. The number of fused-ring (bicyclic) bond motifs is 7. The van der Waals surface area contributed by atoms with Crippen molar-refractivity contribution in [3.05, 3.63) is 192 Å². The highest BCUT2D eigenvalue weighted by Gasteiger charge is 2.45. The van der Waals surface area contributed by atoms with E-state index in [2.05, 4.69) is 282 Å². The Bertz CT molecular complexity index is 3580. The smallest absolute Gasteiger partial charge is 0.333 e. The molecule has 0 aliphatic carbocycles. The zero-order valence-corrected chi connectivity index (χ0v) is 45.5. The molecule has 3 heterocycles. The first-order chi connectivity index (χ1) is 33.9. The number of hydrogen-bond acceptors (Lipinski definition) is 2. The second-order valence-corrected chi connectivity index (χ2v) is 26.0. The van der Waals surface area contributed by atoms with Crippen molar-refractivity contribution in [2.45, 2.75) is 131 Å². The minimum Gasteiger partial charge on any atom is -0.375 e. The van der Waals surface area contributed by atoms with Gasteiger partial charge in [-0.05, 0) is 144 Å². The summed E-state index contributed by atoms with van der Waals surface area (Å²) in [6.07, 6.45) is 0. The van der Waals surface area contributed by atoms with Crippen LogP contribution < -0.4 is 20.7 Å². The zero-order chi connectivity index (χ0) is 51.0. The summed E-state index contributed by atoms with van der Waals surface area (Å²) in [7, 11) is 0. The van der Waals surface area contributed by atoms with Gasteiger partial charge < -0.3 is 14.3 Å². The quantitative estimate of drug-likeness (QED) is 0.159. The fourth-order valence-electron chi connectivity index (χ4n) is 11.5. The summed E-state index contributed by atoms with van der Waals surface area (Å²) in [5.74, 6) is 0. The number of para-hydroxylation sites is 1. The monoisotopic (exact) mass is 942 g/mol. The van der Waals surface area contributed by atoms with Crippen LogP contribution in [0.25, 0.3) is 44.1 Å². The van der Waals surface area contributed by atoms with Gasteiger partial charge in [-0.15, -0.1) is 0 Å². The molecule has 3 nitrogen and oxygen atoms in total. The highest BCUT2D eigenvalue weighted by molar-refractivity contribution is 6.90. The first-order valence-corrected chi connectivity index (χ1v) is 26.3. The standard InChI is InChI=1S/C68H72BN3/c1-64(2,3)44-26-31-50(32-27-44)71-58-36-30-47(67(10,11)12)41-55(58)69-62-53(40-48(42-60(62)71)68(13,14)15)51-33-37-59(61-54-39-46(66(7,8)9)29-35-57(54)72(69)63(51)61)70(49-24-20-17-21-25-49)56-34-28-45(65(4,5)6)38-52(56)43-22-18-16-19-23-43/h16-42H,1-15H3. The molecule has 362 valence electrons. The van der Waals surface area contributed by atoms with Gasteiger partial charge in [-0.25, -0.2) is 0 Å². The Morgan fingerprint density at radius 3 is 1.56 bits per heavy atom. The van der Waals surface area contributed by atoms with Gasteiger partial charge in [0.15, 0.2) is 0 Å². The van der Waals surface area contributed by atoms with Crippen molar-refractivity contribution in [3.63, 3.8) is 0 Å². The van der Waals surface area contributed by atoms with Crippen LogP contribution >= 0.6 is 0 Å². The Kier molecular flexibility index (Phi) is 10.8. The summed E-state index contributed by atoms with van der Waals surface area (Å²) >= 11 is 0. The molecule has 2 aliphatic heterocycles. The maximum Gasteiger partial charge on any atom is 0.333 e. The average molecular weight is 942 g/mol. The number of benzene rings is 8. The SMILES string of the molecule is CC(C)(C)c1ccc(N2c3ccc(C(C)(C)C)cc3B3c4c(cc(C(C)(C)C)cc42)-c2ccc(N(c4ccccc4)c4ccc(C(C)(C)C)cc4-c4ccccc4)c4c5cc(C(C)(C)C)ccc5n3c24)cc1. The summed E-state index contributed by atoms with van der Waals surface area (Å²) in [6, 6.07) is 63.3. The van der Waals surface area contributed by atoms with Gasteiger partial charge in [0.1, 0.15) is 0 Å². The van der Waals surface area contributed by atoms with E-state index >= 15 is 0 Å². The number of anilines is 6. The van der Waals surface area contributed by atoms with Crippen LogP contribution in [-0.2, 0) is 27.1 Å². The van der Waals surface area contributed by atoms with E-state index in [0.717, 1.165) is 11.4 Å². The van der Waals surface area contributed by atoms with E-state index in [1.807, 2.05) is 0 Å². The molecule has 0 amide bonds. The lowest BCUT2D eigenvalue weighted by molar-refractivity contribution is 0.589. The van der Waals surface area contributed by atoms with Crippen molar-refractivity contribution < 1.29 is 0 Å². The number of rotatable bonds is 5. The molecule has 11 rings (SSSR count). The third-order valence-corrected chi connectivity index (χ3v) is 15.7. The van der Waals surface area contributed by atoms with E-state index in [-0.39, 0.29) is 33.9 Å². The van der Waals surface area contributed by atoms with E-state index in [9.17, 15) is 0 Å². The zero-order valence-electron chi connectivity index (χ0n) is 45.5. The predicted molar refractivity (Wildman–Crippen MR) is 314 cm³/mol. The Hall–Kier alpha value is -6.78. The normalized spacial score (nSPS) is 13.7. The molecule has 1 aromatic heterocycles. The van der Waals surface area contributed by atoms with E-state index in [0.29, 0.717) is 0 Å². The lowest BCUT2D eigenvalue weighted by Crippen LogP contribution is -2.57. The van der Waals surface area contributed by atoms with E-state index in [4.69, 9.17) is 0 Å². The van der Waals surface area contributed by atoms with Crippen LogP contribution in [0.1, 0.15) is 132 Å². The predicted octanol–water partition coefficient (Wildman–Crippen LogP) is 17.8. The molecule has 0 unspecified atom stereocenters. The van der Waals surface area contributed by atoms with Crippen LogP contribution in [0.5, 0.6) is 0 Å². The second-order valence-electron chi connectivity index (χ2n) is 26.0. The fraction of sp³-hybridized carbons (Fsp3) is 0.294. The minimum absolute atomic E-state index is 0.0327. The molecule has 0 fully saturated rings. The highest BCUT2D eigenvalue weighted by Crippen LogP contribution is 2.53. The first kappa shape index (κ1) is 47.5.